The highest BCUT2D eigenvalue weighted by molar-refractivity contribution is 5.96. The maximum atomic E-state index is 12.1. The standard InChI is InChI=1S/C16H21N5O3/c17-5-6-21(18)13-3-1-12(2-4-13)15(23)19-7-14(22)20-8-16(9-20)10-24-11-16/h1-6H,7-11,17-18H2,(H,19,23)/b6-5-. The van der Waals surface area contributed by atoms with Gasteiger partial charge in [0.05, 0.1) is 30.9 Å². The van der Waals surface area contributed by atoms with Crippen LogP contribution in [0.5, 0.6) is 0 Å². The van der Waals surface area contributed by atoms with Gasteiger partial charge in [0.25, 0.3) is 5.91 Å². The van der Waals surface area contributed by atoms with Crippen LogP contribution in [0.15, 0.2) is 36.7 Å². The molecule has 128 valence electrons. The Morgan fingerprint density at radius 2 is 1.96 bits per heavy atom. The number of rotatable bonds is 5. The van der Waals surface area contributed by atoms with Gasteiger partial charge in [-0.15, -0.1) is 0 Å². The predicted molar refractivity (Wildman–Crippen MR) is 88.6 cm³/mol. The molecule has 0 radical (unpaired) electrons. The molecule has 0 saturated carbocycles. The van der Waals surface area contributed by atoms with Crippen molar-refractivity contribution in [1.29, 1.82) is 0 Å². The molecule has 2 fully saturated rings. The van der Waals surface area contributed by atoms with Gasteiger partial charge >= 0.3 is 0 Å². The molecule has 1 aromatic carbocycles. The number of anilines is 1. The van der Waals surface area contributed by atoms with E-state index in [0.717, 1.165) is 26.3 Å². The molecule has 2 aliphatic rings. The van der Waals surface area contributed by atoms with E-state index in [9.17, 15) is 9.59 Å². The number of nitrogens with zero attached hydrogens (tertiary/aromatic N) is 2. The van der Waals surface area contributed by atoms with Crippen molar-refractivity contribution in [2.24, 2.45) is 17.0 Å². The summed E-state index contributed by atoms with van der Waals surface area (Å²) in [5.41, 5.74) is 6.61. The van der Waals surface area contributed by atoms with Gasteiger partial charge in [0, 0.05) is 31.1 Å². The Labute approximate surface area is 140 Å². The molecule has 5 N–H and O–H groups in total. The van der Waals surface area contributed by atoms with Gasteiger partial charge in [0.15, 0.2) is 0 Å². The summed E-state index contributed by atoms with van der Waals surface area (Å²) in [5, 5.41) is 3.99. The number of hydrogen-bond donors (Lipinski definition) is 3. The van der Waals surface area contributed by atoms with E-state index >= 15 is 0 Å². The third-order valence-electron chi connectivity index (χ3n) is 4.30. The molecule has 0 unspecified atom stereocenters. The van der Waals surface area contributed by atoms with Crippen molar-refractivity contribution in [2.75, 3.05) is 37.9 Å². The number of amides is 2. The minimum Gasteiger partial charge on any atom is -0.403 e. The van der Waals surface area contributed by atoms with E-state index in [-0.39, 0.29) is 23.8 Å². The van der Waals surface area contributed by atoms with Crippen molar-refractivity contribution in [3.8, 4) is 0 Å². The molecule has 2 saturated heterocycles. The lowest BCUT2D eigenvalue weighted by molar-refractivity contribution is -0.194. The molecule has 2 aliphatic heterocycles. The highest BCUT2D eigenvalue weighted by Gasteiger charge is 2.50. The average Bonchev–Trinajstić information content (AvgIpc) is 2.50. The summed E-state index contributed by atoms with van der Waals surface area (Å²) in [4.78, 5) is 25.9. The Balaban J connectivity index is 1.47. The zero-order valence-electron chi connectivity index (χ0n) is 13.3. The van der Waals surface area contributed by atoms with Crippen molar-refractivity contribution in [3.63, 3.8) is 0 Å². The fourth-order valence-electron chi connectivity index (χ4n) is 2.85. The number of hydrogen-bond acceptors (Lipinski definition) is 6. The lowest BCUT2D eigenvalue weighted by Gasteiger charge is -2.54. The average molecular weight is 331 g/mol. The number of likely N-dealkylation sites (tertiary alicyclic amines) is 1. The van der Waals surface area contributed by atoms with Crippen molar-refractivity contribution < 1.29 is 14.3 Å². The molecule has 0 atom stereocenters. The molecule has 2 heterocycles. The summed E-state index contributed by atoms with van der Waals surface area (Å²) in [5.74, 6) is 5.36. The second kappa shape index (κ2) is 6.50. The number of nitrogens with two attached hydrogens (primary N) is 2. The summed E-state index contributed by atoms with van der Waals surface area (Å²) in [6.45, 7) is 2.89. The quantitative estimate of drug-likeness (QED) is 0.490. The lowest BCUT2D eigenvalue weighted by atomic mass is 9.78. The second-order valence-electron chi connectivity index (χ2n) is 6.22. The Morgan fingerprint density at radius 1 is 1.29 bits per heavy atom. The molecule has 1 aromatic rings. The highest BCUT2D eigenvalue weighted by Crippen LogP contribution is 2.37. The zero-order chi connectivity index (χ0) is 17.2. The first-order valence-corrected chi connectivity index (χ1v) is 7.69. The van der Waals surface area contributed by atoms with Crippen molar-refractivity contribution in [3.05, 3.63) is 42.2 Å². The van der Waals surface area contributed by atoms with Crippen LogP contribution in [-0.4, -0.2) is 49.6 Å². The van der Waals surface area contributed by atoms with Gasteiger partial charge in [-0.3, -0.25) is 14.6 Å². The monoisotopic (exact) mass is 331 g/mol. The van der Waals surface area contributed by atoms with E-state index in [4.69, 9.17) is 16.3 Å². The van der Waals surface area contributed by atoms with Crippen LogP contribution in [0.1, 0.15) is 10.4 Å². The van der Waals surface area contributed by atoms with E-state index in [1.165, 1.54) is 17.4 Å². The molecular weight excluding hydrogens is 310 g/mol. The molecule has 1 spiro atoms. The molecule has 0 aliphatic carbocycles. The topological polar surface area (TPSA) is 114 Å². The highest BCUT2D eigenvalue weighted by atomic mass is 16.5. The zero-order valence-corrected chi connectivity index (χ0v) is 13.3. The lowest BCUT2D eigenvalue weighted by Crippen LogP contribution is -2.68. The summed E-state index contributed by atoms with van der Waals surface area (Å²) < 4.78 is 5.17. The third kappa shape index (κ3) is 3.19. The normalized spacial score (nSPS) is 18.1. The van der Waals surface area contributed by atoms with Crippen LogP contribution in [0.25, 0.3) is 0 Å². The van der Waals surface area contributed by atoms with Crippen LogP contribution in [-0.2, 0) is 9.53 Å². The minimum absolute atomic E-state index is 0.00352. The number of carbonyl (C=O) groups excluding carboxylic acids is 2. The van der Waals surface area contributed by atoms with Crippen molar-refractivity contribution in [2.45, 2.75) is 0 Å². The van der Waals surface area contributed by atoms with Crippen LogP contribution < -0.4 is 21.9 Å². The van der Waals surface area contributed by atoms with Gasteiger partial charge in [0.2, 0.25) is 5.91 Å². The number of benzene rings is 1. The summed E-state index contributed by atoms with van der Waals surface area (Å²) in [6.07, 6.45) is 2.82. The van der Waals surface area contributed by atoms with E-state index in [1.54, 1.807) is 29.2 Å². The number of ether oxygens (including phenoxy) is 1. The molecule has 8 nitrogen and oxygen atoms in total. The van der Waals surface area contributed by atoms with Gasteiger partial charge in [-0.25, -0.2) is 5.84 Å². The Morgan fingerprint density at radius 3 is 2.50 bits per heavy atom. The fourth-order valence-corrected chi connectivity index (χ4v) is 2.85. The van der Waals surface area contributed by atoms with Crippen LogP contribution >= 0.6 is 0 Å². The number of nitrogens with one attached hydrogen (secondary N) is 1. The van der Waals surface area contributed by atoms with Crippen LogP contribution in [0.4, 0.5) is 5.69 Å². The Hall–Kier alpha value is -2.58. The van der Waals surface area contributed by atoms with Gasteiger partial charge in [-0.05, 0) is 24.3 Å². The predicted octanol–water partition coefficient (Wildman–Crippen LogP) is -0.615. The van der Waals surface area contributed by atoms with Gasteiger partial charge < -0.3 is 20.7 Å². The molecule has 0 aromatic heterocycles. The molecule has 0 bridgehead atoms. The number of carbonyl (C=O) groups is 2. The van der Waals surface area contributed by atoms with E-state index < -0.39 is 0 Å². The molecule has 24 heavy (non-hydrogen) atoms. The maximum Gasteiger partial charge on any atom is 0.251 e. The largest absolute Gasteiger partial charge is 0.403 e. The van der Waals surface area contributed by atoms with Crippen LogP contribution in [0, 0.1) is 5.41 Å². The molecule has 3 rings (SSSR count). The van der Waals surface area contributed by atoms with Crippen LogP contribution in [0.3, 0.4) is 0 Å². The smallest absolute Gasteiger partial charge is 0.251 e. The SMILES string of the molecule is N/C=C\N(N)c1ccc(C(=O)NCC(=O)N2CC3(COC3)C2)cc1. The molecule has 2 amide bonds. The van der Waals surface area contributed by atoms with Gasteiger partial charge in [0.1, 0.15) is 0 Å². The third-order valence-corrected chi connectivity index (χ3v) is 4.30. The van der Waals surface area contributed by atoms with Crippen molar-refractivity contribution in [1.82, 2.24) is 10.2 Å². The second-order valence-corrected chi connectivity index (χ2v) is 6.22. The minimum atomic E-state index is -0.296. The van der Waals surface area contributed by atoms with E-state index in [2.05, 4.69) is 5.32 Å². The van der Waals surface area contributed by atoms with Gasteiger partial charge in [-0.1, -0.05) is 0 Å². The maximum absolute atomic E-state index is 12.1. The summed E-state index contributed by atoms with van der Waals surface area (Å²) in [7, 11) is 0. The van der Waals surface area contributed by atoms with Gasteiger partial charge in [-0.2, -0.15) is 0 Å². The van der Waals surface area contributed by atoms with E-state index in [1.807, 2.05) is 0 Å². The first kappa shape index (κ1) is 16.3. The number of hydrazine groups is 1. The Bertz CT molecular complexity index is 646. The molecule has 8 heteroatoms. The van der Waals surface area contributed by atoms with Crippen molar-refractivity contribution >= 4 is 17.5 Å². The first-order valence-electron chi connectivity index (χ1n) is 7.69. The first-order chi connectivity index (χ1) is 11.5. The summed E-state index contributed by atoms with van der Waals surface area (Å²) >= 11 is 0. The summed E-state index contributed by atoms with van der Waals surface area (Å²) in [6, 6.07) is 6.69. The Kier molecular flexibility index (Phi) is 4.41. The van der Waals surface area contributed by atoms with Crippen LogP contribution in [0.2, 0.25) is 0 Å². The fraction of sp³-hybridized carbons (Fsp3) is 0.375. The molecular formula is C16H21N5O3. The van der Waals surface area contributed by atoms with E-state index in [0.29, 0.717) is 11.3 Å².